The Morgan fingerprint density at radius 3 is 2.75 bits per heavy atom. The number of amides is 1. The summed E-state index contributed by atoms with van der Waals surface area (Å²) >= 11 is 1.48. The van der Waals surface area contributed by atoms with Crippen LogP contribution in [0.3, 0.4) is 0 Å². The first-order chi connectivity index (χ1) is 9.47. The van der Waals surface area contributed by atoms with Gasteiger partial charge in [0.1, 0.15) is 11.8 Å². The average molecular weight is 295 g/mol. The van der Waals surface area contributed by atoms with Crippen molar-refractivity contribution in [3.8, 4) is 5.75 Å². The molecule has 0 radical (unpaired) electrons. The maximum absolute atomic E-state index is 12.6. The van der Waals surface area contributed by atoms with Gasteiger partial charge < -0.3 is 15.1 Å². The van der Waals surface area contributed by atoms with Crippen LogP contribution < -0.4 is 0 Å². The molecule has 1 aromatic rings. The van der Waals surface area contributed by atoms with Crippen LogP contribution in [0.15, 0.2) is 18.2 Å². The number of aliphatic carboxylic acids is 1. The molecule has 1 fully saturated rings. The monoisotopic (exact) mass is 295 g/mol. The van der Waals surface area contributed by atoms with Crippen molar-refractivity contribution in [3.05, 3.63) is 29.3 Å². The first-order valence-electron chi connectivity index (χ1n) is 6.43. The van der Waals surface area contributed by atoms with E-state index >= 15 is 0 Å². The van der Waals surface area contributed by atoms with Crippen LogP contribution in [-0.2, 0) is 4.79 Å². The molecule has 1 amide bonds. The molecule has 1 heterocycles. The molecule has 2 N–H and O–H groups in total. The highest BCUT2D eigenvalue weighted by Crippen LogP contribution is 2.33. The average Bonchev–Trinajstić information content (AvgIpc) is 2.85. The summed E-state index contributed by atoms with van der Waals surface area (Å²) in [6.07, 6.45) is 0.693. The minimum atomic E-state index is -0.986. The number of phenolic OH excluding ortho intramolecular Hbond substituents is 1. The number of nitrogens with zero attached hydrogens (tertiary/aromatic N) is 1. The predicted octanol–water partition coefficient (Wildman–Crippen LogP) is 2.08. The number of carbonyl (C=O) groups is 2. The number of aromatic hydroxyl groups is 1. The van der Waals surface area contributed by atoms with Crippen molar-refractivity contribution in [1.82, 2.24) is 4.90 Å². The van der Waals surface area contributed by atoms with E-state index in [9.17, 15) is 19.8 Å². The number of carboxylic acids is 1. The fourth-order valence-electron chi connectivity index (χ4n) is 2.33. The van der Waals surface area contributed by atoms with Crippen molar-refractivity contribution < 1.29 is 19.8 Å². The summed E-state index contributed by atoms with van der Waals surface area (Å²) in [4.78, 5) is 25.4. The zero-order valence-electron chi connectivity index (χ0n) is 11.4. The molecule has 0 aromatic heterocycles. The second-order valence-corrected chi connectivity index (χ2v) is 5.92. The topological polar surface area (TPSA) is 77.8 Å². The van der Waals surface area contributed by atoms with Crippen LogP contribution in [0.5, 0.6) is 5.75 Å². The van der Waals surface area contributed by atoms with Crippen LogP contribution in [0.2, 0.25) is 0 Å². The van der Waals surface area contributed by atoms with E-state index in [2.05, 4.69) is 0 Å². The van der Waals surface area contributed by atoms with Gasteiger partial charge in [0.05, 0.1) is 5.37 Å². The molecule has 1 saturated heterocycles. The third-order valence-electron chi connectivity index (χ3n) is 3.50. The van der Waals surface area contributed by atoms with E-state index in [1.165, 1.54) is 22.7 Å². The molecular weight excluding hydrogens is 278 g/mol. The largest absolute Gasteiger partial charge is 0.508 e. The van der Waals surface area contributed by atoms with Gasteiger partial charge in [-0.2, -0.15) is 0 Å². The van der Waals surface area contributed by atoms with Gasteiger partial charge in [-0.05, 0) is 25.5 Å². The number of hydrogen-bond acceptors (Lipinski definition) is 4. The van der Waals surface area contributed by atoms with Gasteiger partial charge in [-0.25, -0.2) is 4.79 Å². The fourth-order valence-corrected chi connectivity index (χ4v) is 3.68. The number of hydrogen-bond donors (Lipinski definition) is 2. The van der Waals surface area contributed by atoms with Crippen molar-refractivity contribution in [3.63, 3.8) is 0 Å². The summed E-state index contributed by atoms with van der Waals surface area (Å²) < 4.78 is 0. The summed E-state index contributed by atoms with van der Waals surface area (Å²) in [7, 11) is 0. The van der Waals surface area contributed by atoms with Crippen LogP contribution in [-0.4, -0.2) is 44.2 Å². The molecule has 1 aromatic carbocycles. The molecule has 2 atom stereocenters. The summed E-state index contributed by atoms with van der Waals surface area (Å²) in [6.45, 7) is 3.58. The molecule has 0 bridgehead atoms. The predicted molar refractivity (Wildman–Crippen MR) is 77.0 cm³/mol. The number of phenols is 1. The first-order valence-corrected chi connectivity index (χ1v) is 7.47. The molecule has 2 unspecified atom stereocenters. The quantitative estimate of drug-likeness (QED) is 0.892. The maximum atomic E-state index is 12.6. The lowest BCUT2D eigenvalue weighted by Gasteiger charge is -2.27. The van der Waals surface area contributed by atoms with Crippen molar-refractivity contribution in [1.29, 1.82) is 0 Å². The van der Waals surface area contributed by atoms with Crippen molar-refractivity contribution >= 4 is 23.6 Å². The number of rotatable bonds is 3. The third kappa shape index (κ3) is 2.47. The van der Waals surface area contributed by atoms with E-state index in [0.717, 1.165) is 0 Å². The summed E-state index contributed by atoms with van der Waals surface area (Å²) in [5.74, 6) is -0.873. The molecule has 1 aliphatic rings. The minimum absolute atomic E-state index is 0.0441. The fraction of sp³-hybridized carbons (Fsp3) is 0.429. The van der Waals surface area contributed by atoms with Gasteiger partial charge in [0.15, 0.2) is 0 Å². The number of carboxylic acid groups (broad SMARTS) is 1. The highest BCUT2D eigenvalue weighted by Gasteiger charge is 2.41. The maximum Gasteiger partial charge on any atom is 0.327 e. The van der Waals surface area contributed by atoms with E-state index in [-0.39, 0.29) is 17.0 Å². The van der Waals surface area contributed by atoms with Crippen molar-refractivity contribution in [2.75, 3.05) is 5.75 Å². The first kappa shape index (κ1) is 14.7. The van der Waals surface area contributed by atoms with Gasteiger partial charge in [0, 0.05) is 16.9 Å². The van der Waals surface area contributed by atoms with E-state index < -0.39 is 12.0 Å². The van der Waals surface area contributed by atoms with Gasteiger partial charge in [-0.1, -0.05) is 13.0 Å². The van der Waals surface area contributed by atoms with E-state index in [0.29, 0.717) is 23.3 Å². The second-order valence-electron chi connectivity index (χ2n) is 4.71. The summed E-state index contributed by atoms with van der Waals surface area (Å²) in [5.41, 5.74) is 0.839. The third-order valence-corrected chi connectivity index (χ3v) is 4.95. The van der Waals surface area contributed by atoms with E-state index in [4.69, 9.17) is 0 Å². The normalized spacial score (nSPS) is 22.0. The molecule has 5 nitrogen and oxygen atoms in total. The Bertz CT molecular complexity index is 546. The molecule has 0 aliphatic carbocycles. The molecule has 1 aliphatic heterocycles. The second kappa shape index (κ2) is 5.75. The lowest BCUT2D eigenvalue weighted by molar-refractivity contribution is -0.141. The van der Waals surface area contributed by atoms with Gasteiger partial charge >= 0.3 is 5.97 Å². The Hall–Kier alpha value is -1.69. The lowest BCUT2D eigenvalue weighted by Crippen LogP contribution is -2.45. The van der Waals surface area contributed by atoms with Gasteiger partial charge in [-0.15, -0.1) is 11.8 Å². The standard InChI is InChI=1S/C14H17NO4S/c1-3-12-15(10(7-20-12)14(18)19)13(17)9-5-4-6-11(16)8(9)2/h4-6,10,12,16H,3,7H2,1-2H3,(H,18,19). The van der Waals surface area contributed by atoms with E-state index in [1.807, 2.05) is 6.92 Å². The van der Waals surface area contributed by atoms with Gasteiger partial charge in [0.2, 0.25) is 0 Å². The minimum Gasteiger partial charge on any atom is -0.508 e. The van der Waals surface area contributed by atoms with Crippen LogP contribution in [0.1, 0.15) is 29.3 Å². The Morgan fingerprint density at radius 2 is 2.15 bits per heavy atom. The number of benzene rings is 1. The Morgan fingerprint density at radius 1 is 1.45 bits per heavy atom. The molecule has 6 heteroatoms. The van der Waals surface area contributed by atoms with E-state index in [1.54, 1.807) is 19.1 Å². The van der Waals surface area contributed by atoms with Gasteiger partial charge in [-0.3, -0.25) is 4.79 Å². The van der Waals surface area contributed by atoms with Crippen LogP contribution in [0.4, 0.5) is 0 Å². The lowest BCUT2D eigenvalue weighted by atomic mass is 10.1. The van der Waals surface area contributed by atoms with Crippen molar-refractivity contribution in [2.45, 2.75) is 31.7 Å². The molecule has 108 valence electrons. The van der Waals surface area contributed by atoms with Gasteiger partial charge in [0.25, 0.3) is 5.91 Å². The molecule has 20 heavy (non-hydrogen) atoms. The Kier molecular flexibility index (Phi) is 4.23. The molecular formula is C14H17NO4S. The smallest absolute Gasteiger partial charge is 0.327 e. The zero-order chi connectivity index (χ0) is 14.9. The number of carbonyl (C=O) groups excluding carboxylic acids is 1. The van der Waals surface area contributed by atoms with Crippen LogP contribution >= 0.6 is 11.8 Å². The Labute approximate surface area is 121 Å². The SMILES string of the molecule is CCC1SCC(C(=O)O)N1C(=O)c1cccc(O)c1C. The summed E-state index contributed by atoms with van der Waals surface area (Å²) in [5, 5.41) is 18.8. The number of thioether (sulfide) groups is 1. The molecule has 0 saturated carbocycles. The van der Waals surface area contributed by atoms with Crippen molar-refractivity contribution in [2.24, 2.45) is 0 Å². The zero-order valence-corrected chi connectivity index (χ0v) is 12.2. The molecule has 0 spiro atoms. The highest BCUT2D eigenvalue weighted by atomic mass is 32.2. The van der Waals surface area contributed by atoms with Crippen LogP contribution in [0.25, 0.3) is 0 Å². The molecule has 2 rings (SSSR count). The highest BCUT2D eigenvalue weighted by molar-refractivity contribution is 8.00. The Balaban J connectivity index is 2.38. The summed E-state index contributed by atoms with van der Waals surface area (Å²) in [6, 6.07) is 3.91. The van der Waals surface area contributed by atoms with Crippen LogP contribution in [0, 0.1) is 6.92 Å².